The molecule has 1 aromatic carbocycles. The zero-order valence-corrected chi connectivity index (χ0v) is 12.2. The molecule has 1 N–H and O–H groups in total. The molecular formula is C16H20FN3. The molecule has 20 heavy (non-hydrogen) atoms. The Kier molecular flexibility index (Phi) is 4.32. The van der Waals surface area contributed by atoms with Crippen molar-refractivity contribution in [3.8, 4) is 0 Å². The van der Waals surface area contributed by atoms with Crippen LogP contribution in [0.25, 0.3) is 0 Å². The lowest BCUT2D eigenvalue weighted by Crippen LogP contribution is -2.32. The Morgan fingerprint density at radius 1 is 1.15 bits per heavy atom. The third-order valence-corrected chi connectivity index (χ3v) is 3.30. The number of halogens is 1. The van der Waals surface area contributed by atoms with Gasteiger partial charge in [0.1, 0.15) is 6.33 Å². The highest BCUT2D eigenvalue weighted by Gasteiger charge is 2.20. The van der Waals surface area contributed by atoms with Crippen molar-refractivity contribution in [1.82, 2.24) is 9.97 Å². The highest BCUT2D eigenvalue weighted by atomic mass is 19.1. The van der Waals surface area contributed by atoms with E-state index in [1.54, 1.807) is 6.92 Å². The van der Waals surface area contributed by atoms with Crippen LogP contribution in [0.15, 0.2) is 36.7 Å². The molecule has 3 nitrogen and oxygen atoms in total. The molecule has 1 heterocycles. The van der Waals surface area contributed by atoms with Crippen LogP contribution in [0.3, 0.4) is 0 Å². The Labute approximate surface area is 119 Å². The molecule has 0 fully saturated rings. The summed E-state index contributed by atoms with van der Waals surface area (Å²) in [4.78, 5) is 7.82. The van der Waals surface area contributed by atoms with Gasteiger partial charge in [0.2, 0.25) is 0 Å². The van der Waals surface area contributed by atoms with Gasteiger partial charge in [0.15, 0.2) is 11.6 Å². The zero-order valence-electron chi connectivity index (χ0n) is 12.2. The number of aryl methyl sites for hydroxylation is 2. The highest BCUT2D eigenvalue weighted by Crippen LogP contribution is 2.21. The van der Waals surface area contributed by atoms with E-state index in [2.05, 4.69) is 27.4 Å². The maximum atomic E-state index is 13.9. The minimum Gasteiger partial charge on any atom is -0.363 e. The first-order valence-electron chi connectivity index (χ1n) is 6.77. The van der Waals surface area contributed by atoms with Crippen molar-refractivity contribution in [3.63, 3.8) is 0 Å². The predicted molar refractivity (Wildman–Crippen MR) is 79.2 cm³/mol. The fourth-order valence-corrected chi connectivity index (χ4v) is 2.03. The Bertz CT molecular complexity index is 567. The second kappa shape index (κ2) is 5.99. The lowest BCUT2D eigenvalue weighted by molar-refractivity contribution is 0.506. The maximum absolute atomic E-state index is 13.9. The minimum atomic E-state index is -0.375. The van der Waals surface area contributed by atoms with Gasteiger partial charge in [0, 0.05) is 5.54 Å². The Balaban J connectivity index is 2.02. The van der Waals surface area contributed by atoms with Gasteiger partial charge in [0.25, 0.3) is 0 Å². The van der Waals surface area contributed by atoms with Gasteiger partial charge in [-0.3, -0.25) is 0 Å². The Hall–Kier alpha value is -1.97. The van der Waals surface area contributed by atoms with E-state index in [1.165, 1.54) is 11.9 Å². The molecule has 0 radical (unpaired) electrons. The van der Waals surface area contributed by atoms with Gasteiger partial charge in [-0.25, -0.2) is 14.4 Å². The molecule has 0 atom stereocenters. The molecule has 0 aliphatic carbocycles. The number of rotatable bonds is 5. The average molecular weight is 273 g/mol. The van der Waals surface area contributed by atoms with Gasteiger partial charge in [-0.05, 0) is 39.2 Å². The smallest absolute Gasteiger partial charge is 0.186 e. The summed E-state index contributed by atoms with van der Waals surface area (Å²) in [5.41, 5.74) is 1.40. The van der Waals surface area contributed by atoms with Crippen molar-refractivity contribution in [2.24, 2.45) is 0 Å². The topological polar surface area (TPSA) is 37.8 Å². The molecule has 0 aliphatic rings. The minimum absolute atomic E-state index is 0.239. The van der Waals surface area contributed by atoms with E-state index in [0.29, 0.717) is 5.69 Å². The first kappa shape index (κ1) is 14.4. The van der Waals surface area contributed by atoms with Crippen molar-refractivity contribution in [2.75, 3.05) is 5.32 Å². The van der Waals surface area contributed by atoms with E-state index in [9.17, 15) is 4.39 Å². The molecule has 4 heteroatoms. The summed E-state index contributed by atoms with van der Waals surface area (Å²) in [5, 5.41) is 3.17. The first-order valence-corrected chi connectivity index (χ1v) is 6.77. The van der Waals surface area contributed by atoms with E-state index in [-0.39, 0.29) is 17.2 Å². The first-order chi connectivity index (χ1) is 9.48. The third-order valence-electron chi connectivity index (χ3n) is 3.30. The number of aromatic nitrogens is 2. The highest BCUT2D eigenvalue weighted by molar-refractivity contribution is 5.39. The predicted octanol–water partition coefficient (Wildman–Crippen LogP) is 3.75. The van der Waals surface area contributed by atoms with Gasteiger partial charge < -0.3 is 5.32 Å². The van der Waals surface area contributed by atoms with Crippen LogP contribution in [-0.4, -0.2) is 15.5 Å². The second-order valence-electron chi connectivity index (χ2n) is 5.62. The Morgan fingerprint density at radius 3 is 2.55 bits per heavy atom. The van der Waals surface area contributed by atoms with E-state index in [0.717, 1.165) is 12.8 Å². The number of nitrogens with zero attached hydrogens (tertiary/aromatic N) is 2. The number of hydrogen-bond acceptors (Lipinski definition) is 3. The third kappa shape index (κ3) is 3.76. The molecule has 0 aliphatic heterocycles. The van der Waals surface area contributed by atoms with Crippen LogP contribution in [0.4, 0.5) is 10.2 Å². The summed E-state index contributed by atoms with van der Waals surface area (Å²) in [6.07, 6.45) is 3.21. The van der Waals surface area contributed by atoms with Gasteiger partial charge in [-0.1, -0.05) is 30.3 Å². The Morgan fingerprint density at radius 2 is 1.85 bits per heavy atom. The molecule has 0 unspecified atom stereocenters. The van der Waals surface area contributed by atoms with Gasteiger partial charge in [-0.15, -0.1) is 0 Å². The number of benzene rings is 1. The monoisotopic (exact) mass is 273 g/mol. The lowest BCUT2D eigenvalue weighted by Gasteiger charge is -2.27. The van der Waals surface area contributed by atoms with E-state index < -0.39 is 0 Å². The van der Waals surface area contributed by atoms with Crippen LogP contribution < -0.4 is 5.32 Å². The normalized spacial score (nSPS) is 11.4. The van der Waals surface area contributed by atoms with Gasteiger partial charge >= 0.3 is 0 Å². The maximum Gasteiger partial charge on any atom is 0.186 e. The van der Waals surface area contributed by atoms with Gasteiger partial charge in [-0.2, -0.15) is 0 Å². The summed E-state index contributed by atoms with van der Waals surface area (Å²) >= 11 is 0. The SMILES string of the molecule is Cc1ncnc(NC(C)(C)CCc2ccccc2)c1F. The van der Waals surface area contributed by atoms with Crippen molar-refractivity contribution < 1.29 is 4.39 Å². The summed E-state index contributed by atoms with van der Waals surface area (Å²) in [6.45, 7) is 5.73. The van der Waals surface area contributed by atoms with Crippen molar-refractivity contribution in [2.45, 2.75) is 39.2 Å². The van der Waals surface area contributed by atoms with Crippen LogP contribution in [0.1, 0.15) is 31.5 Å². The summed E-state index contributed by atoms with van der Waals surface area (Å²) in [5.74, 6) is -0.101. The van der Waals surface area contributed by atoms with Crippen LogP contribution in [0.2, 0.25) is 0 Å². The summed E-state index contributed by atoms with van der Waals surface area (Å²) in [7, 11) is 0. The summed E-state index contributed by atoms with van der Waals surface area (Å²) in [6, 6.07) is 10.3. The zero-order chi connectivity index (χ0) is 14.6. The number of nitrogens with one attached hydrogen (secondary N) is 1. The molecule has 0 bridgehead atoms. The van der Waals surface area contributed by atoms with Crippen molar-refractivity contribution in [3.05, 3.63) is 53.7 Å². The number of anilines is 1. The van der Waals surface area contributed by atoms with Crippen LogP contribution in [-0.2, 0) is 6.42 Å². The molecule has 0 amide bonds. The van der Waals surface area contributed by atoms with E-state index >= 15 is 0 Å². The lowest BCUT2D eigenvalue weighted by atomic mass is 9.95. The van der Waals surface area contributed by atoms with E-state index in [4.69, 9.17) is 0 Å². The standard InChI is InChI=1S/C16H20FN3/c1-12-14(17)15(19-11-18-12)20-16(2,3)10-9-13-7-5-4-6-8-13/h4-8,11H,9-10H2,1-3H3,(H,18,19,20). The van der Waals surface area contributed by atoms with Crippen LogP contribution >= 0.6 is 0 Å². The molecule has 0 spiro atoms. The molecule has 2 aromatic rings. The molecule has 0 saturated carbocycles. The molecule has 1 aromatic heterocycles. The molecular weight excluding hydrogens is 253 g/mol. The van der Waals surface area contributed by atoms with Gasteiger partial charge in [0.05, 0.1) is 5.69 Å². The molecule has 2 rings (SSSR count). The van der Waals surface area contributed by atoms with Crippen LogP contribution in [0.5, 0.6) is 0 Å². The quantitative estimate of drug-likeness (QED) is 0.901. The van der Waals surface area contributed by atoms with Crippen LogP contribution in [0, 0.1) is 12.7 Å². The average Bonchev–Trinajstić information content (AvgIpc) is 2.43. The second-order valence-corrected chi connectivity index (χ2v) is 5.62. The van der Waals surface area contributed by atoms with Crippen molar-refractivity contribution >= 4 is 5.82 Å². The largest absolute Gasteiger partial charge is 0.363 e. The molecule has 0 saturated heterocycles. The fourth-order valence-electron chi connectivity index (χ4n) is 2.03. The van der Waals surface area contributed by atoms with E-state index in [1.807, 2.05) is 32.0 Å². The summed E-state index contributed by atoms with van der Waals surface area (Å²) < 4.78 is 13.9. The fraction of sp³-hybridized carbons (Fsp3) is 0.375. The number of hydrogen-bond donors (Lipinski definition) is 1. The van der Waals surface area contributed by atoms with Crippen molar-refractivity contribution in [1.29, 1.82) is 0 Å². The molecule has 106 valence electrons.